The van der Waals surface area contributed by atoms with Gasteiger partial charge in [-0.05, 0) is 12.5 Å². The Hall–Kier alpha value is -1.77. The molecule has 0 atom stereocenters. The van der Waals surface area contributed by atoms with Crippen LogP contribution in [0.3, 0.4) is 0 Å². The number of hydrogen-bond donors (Lipinski definition) is 1. The zero-order valence-electron chi connectivity index (χ0n) is 8.99. The van der Waals surface area contributed by atoms with Crippen molar-refractivity contribution in [2.45, 2.75) is 6.92 Å². The Balaban J connectivity index is 2.94. The molecule has 0 aliphatic rings. The maximum absolute atomic E-state index is 11.6. The lowest BCUT2D eigenvalue weighted by Gasteiger charge is -2.06. The van der Waals surface area contributed by atoms with Gasteiger partial charge in [-0.15, -0.1) is 0 Å². The second-order valence-electron chi connectivity index (χ2n) is 2.93. The molecule has 0 aliphatic carbocycles. The molecule has 0 aromatic heterocycles. The van der Waals surface area contributed by atoms with Crippen LogP contribution in [-0.2, 0) is 9.53 Å². The fourth-order valence-corrected chi connectivity index (χ4v) is 1.23. The molecule has 0 bridgehead atoms. The van der Waals surface area contributed by atoms with Gasteiger partial charge in [0.05, 0.1) is 12.2 Å². The van der Waals surface area contributed by atoms with Crippen LogP contribution in [0.1, 0.15) is 12.5 Å². The third-order valence-electron chi connectivity index (χ3n) is 1.87. The molecule has 0 saturated heterocycles. The van der Waals surface area contributed by atoms with E-state index >= 15 is 0 Å². The molecule has 3 heteroatoms. The van der Waals surface area contributed by atoms with Gasteiger partial charge in [-0.3, -0.25) is 0 Å². The Bertz CT molecular complexity index is 344. The Morgan fingerprint density at radius 3 is 2.60 bits per heavy atom. The lowest BCUT2D eigenvalue weighted by molar-refractivity contribution is -0.136. The molecule has 0 heterocycles. The number of nitrogens with one attached hydrogen (secondary N) is 1. The molecule has 0 spiro atoms. The summed E-state index contributed by atoms with van der Waals surface area (Å²) in [5, 5.41) is 2.84. The van der Waals surface area contributed by atoms with Gasteiger partial charge in [-0.2, -0.15) is 0 Å². The first-order valence-electron chi connectivity index (χ1n) is 4.89. The maximum atomic E-state index is 11.6. The van der Waals surface area contributed by atoms with Crippen LogP contribution in [0.5, 0.6) is 0 Å². The SMILES string of the molecule is CCOC(=O)/C(=C\NC)c1ccccc1. The normalized spacial score (nSPS) is 10.9. The van der Waals surface area contributed by atoms with Crippen molar-refractivity contribution in [1.82, 2.24) is 5.32 Å². The third kappa shape index (κ3) is 3.13. The number of carbonyl (C=O) groups excluding carboxylic acids is 1. The zero-order valence-corrected chi connectivity index (χ0v) is 8.99. The Labute approximate surface area is 89.8 Å². The summed E-state index contributed by atoms with van der Waals surface area (Å²) in [7, 11) is 1.75. The fraction of sp³-hybridized carbons (Fsp3) is 0.250. The minimum absolute atomic E-state index is 0.307. The molecule has 1 aromatic rings. The molecule has 1 rings (SSSR count). The zero-order chi connectivity index (χ0) is 11.1. The fourth-order valence-electron chi connectivity index (χ4n) is 1.23. The van der Waals surface area contributed by atoms with Gasteiger partial charge in [0.15, 0.2) is 0 Å². The van der Waals surface area contributed by atoms with E-state index in [4.69, 9.17) is 4.74 Å². The van der Waals surface area contributed by atoms with Gasteiger partial charge in [0.1, 0.15) is 0 Å². The smallest absolute Gasteiger partial charge is 0.340 e. The van der Waals surface area contributed by atoms with Crippen molar-refractivity contribution < 1.29 is 9.53 Å². The molecule has 0 fully saturated rings. The average molecular weight is 205 g/mol. The van der Waals surface area contributed by atoms with Crippen LogP contribution in [0, 0.1) is 0 Å². The highest BCUT2D eigenvalue weighted by Gasteiger charge is 2.11. The summed E-state index contributed by atoms with van der Waals surface area (Å²) in [5.74, 6) is -0.307. The molecule has 0 unspecified atom stereocenters. The van der Waals surface area contributed by atoms with Crippen molar-refractivity contribution in [3.05, 3.63) is 42.1 Å². The molecule has 3 nitrogen and oxygen atoms in total. The Morgan fingerprint density at radius 1 is 1.40 bits per heavy atom. The highest BCUT2D eigenvalue weighted by molar-refractivity contribution is 6.16. The standard InChI is InChI=1S/C12H15NO2/c1-3-15-12(14)11(9-13-2)10-7-5-4-6-8-10/h4-9,13H,3H2,1-2H3/b11-9-. The number of esters is 1. The average Bonchev–Trinajstić information content (AvgIpc) is 2.27. The van der Waals surface area contributed by atoms with Crippen molar-refractivity contribution in [3.8, 4) is 0 Å². The first kappa shape index (κ1) is 11.3. The number of carbonyl (C=O) groups is 1. The van der Waals surface area contributed by atoms with E-state index in [-0.39, 0.29) is 5.97 Å². The highest BCUT2D eigenvalue weighted by Crippen LogP contribution is 2.14. The van der Waals surface area contributed by atoms with Crippen molar-refractivity contribution in [3.63, 3.8) is 0 Å². The van der Waals surface area contributed by atoms with Crippen LogP contribution in [-0.4, -0.2) is 19.6 Å². The van der Waals surface area contributed by atoms with E-state index in [1.807, 2.05) is 30.3 Å². The van der Waals surface area contributed by atoms with Gasteiger partial charge < -0.3 is 10.1 Å². The van der Waals surface area contributed by atoms with Crippen molar-refractivity contribution in [2.24, 2.45) is 0 Å². The van der Waals surface area contributed by atoms with E-state index in [2.05, 4.69) is 5.32 Å². The number of rotatable bonds is 4. The number of ether oxygens (including phenoxy) is 1. The molecule has 1 N–H and O–H groups in total. The second kappa shape index (κ2) is 5.86. The van der Waals surface area contributed by atoms with Gasteiger partial charge >= 0.3 is 5.97 Å². The summed E-state index contributed by atoms with van der Waals surface area (Å²) >= 11 is 0. The molecule has 0 aliphatic heterocycles. The van der Waals surface area contributed by atoms with Crippen molar-refractivity contribution >= 4 is 11.5 Å². The van der Waals surface area contributed by atoms with Crippen LogP contribution in [0.4, 0.5) is 0 Å². The molecule has 0 saturated carbocycles. The first-order chi connectivity index (χ1) is 7.29. The van der Waals surface area contributed by atoms with E-state index in [9.17, 15) is 4.79 Å². The van der Waals surface area contributed by atoms with Gasteiger partial charge in [0, 0.05) is 13.2 Å². The van der Waals surface area contributed by atoms with Crippen LogP contribution >= 0.6 is 0 Å². The predicted octanol–water partition coefficient (Wildman–Crippen LogP) is 1.81. The number of hydrogen-bond acceptors (Lipinski definition) is 3. The van der Waals surface area contributed by atoms with Gasteiger partial charge in [0.2, 0.25) is 0 Å². The van der Waals surface area contributed by atoms with Crippen LogP contribution < -0.4 is 5.32 Å². The second-order valence-corrected chi connectivity index (χ2v) is 2.93. The predicted molar refractivity (Wildman–Crippen MR) is 60.1 cm³/mol. The van der Waals surface area contributed by atoms with Crippen molar-refractivity contribution in [1.29, 1.82) is 0 Å². The topological polar surface area (TPSA) is 38.3 Å². The molecular weight excluding hydrogens is 190 g/mol. The summed E-state index contributed by atoms with van der Waals surface area (Å²) < 4.78 is 4.96. The van der Waals surface area contributed by atoms with Crippen molar-refractivity contribution in [2.75, 3.05) is 13.7 Å². The highest BCUT2D eigenvalue weighted by atomic mass is 16.5. The molecule has 0 amide bonds. The minimum atomic E-state index is -0.307. The largest absolute Gasteiger partial charge is 0.462 e. The third-order valence-corrected chi connectivity index (χ3v) is 1.87. The monoisotopic (exact) mass is 205 g/mol. The van der Waals surface area contributed by atoms with E-state index < -0.39 is 0 Å². The Kier molecular flexibility index (Phi) is 4.41. The lowest BCUT2D eigenvalue weighted by atomic mass is 10.1. The minimum Gasteiger partial charge on any atom is -0.462 e. The van der Waals surface area contributed by atoms with Gasteiger partial charge in [-0.25, -0.2) is 4.79 Å². The van der Waals surface area contributed by atoms with E-state index in [0.717, 1.165) is 5.56 Å². The van der Waals surface area contributed by atoms with Crippen LogP contribution in [0.2, 0.25) is 0 Å². The number of benzene rings is 1. The summed E-state index contributed by atoms with van der Waals surface area (Å²) in [6.07, 6.45) is 1.65. The summed E-state index contributed by atoms with van der Waals surface area (Å²) in [6.45, 7) is 2.17. The van der Waals surface area contributed by atoms with E-state index in [1.165, 1.54) is 0 Å². The van der Waals surface area contributed by atoms with Crippen LogP contribution in [0.15, 0.2) is 36.5 Å². The molecule has 1 aromatic carbocycles. The van der Waals surface area contributed by atoms with Gasteiger partial charge in [0.25, 0.3) is 0 Å². The molecule has 15 heavy (non-hydrogen) atoms. The quantitative estimate of drug-likeness (QED) is 0.601. The summed E-state index contributed by atoms with van der Waals surface area (Å²) in [5.41, 5.74) is 1.39. The molecule has 0 radical (unpaired) electrons. The van der Waals surface area contributed by atoms with E-state index in [0.29, 0.717) is 12.2 Å². The first-order valence-corrected chi connectivity index (χ1v) is 4.89. The lowest BCUT2D eigenvalue weighted by Crippen LogP contribution is -2.09. The molecule has 80 valence electrons. The summed E-state index contributed by atoms with van der Waals surface area (Å²) in [6, 6.07) is 9.43. The van der Waals surface area contributed by atoms with E-state index in [1.54, 1.807) is 20.2 Å². The Morgan fingerprint density at radius 2 is 2.07 bits per heavy atom. The van der Waals surface area contributed by atoms with Gasteiger partial charge in [-0.1, -0.05) is 30.3 Å². The summed E-state index contributed by atoms with van der Waals surface area (Å²) in [4.78, 5) is 11.6. The van der Waals surface area contributed by atoms with Crippen LogP contribution in [0.25, 0.3) is 5.57 Å². The molecular formula is C12H15NO2. The maximum Gasteiger partial charge on any atom is 0.340 e.